The van der Waals surface area contributed by atoms with Gasteiger partial charge in [-0.05, 0) is 63.6 Å². The Labute approximate surface area is 273 Å². The number of carboxylic acid groups (broad SMARTS) is 1. The van der Waals surface area contributed by atoms with E-state index in [1.165, 1.54) is 11.3 Å². The molecular weight excluding hydrogens is 603 g/mol. The Morgan fingerprint density at radius 2 is 1.82 bits per heavy atom. The Kier molecular flexibility index (Phi) is 9.60. The van der Waals surface area contributed by atoms with Crippen LogP contribution in [0.4, 0.5) is 0 Å². The van der Waals surface area contributed by atoms with Crippen LogP contribution in [0.25, 0.3) is 22.2 Å². The summed E-state index contributed by atoms with van der Waals surface area (Å²) in [7, 11) is 0. The normalized spacial score (nSPS) is 12.8. The van der Waals surface area contributed by atoms with E-state index in [1.807, 2.05) is 43.5 Å². The molecule has 0 fully saturated rings. The first kappa shape index (κ1) is 32.6. The third-order valence-corrected chi connectivity index (χ3v) is 9.47. The van der Waals surface area contributed by atoms with Gasteiger partial charge >= 0.3 is 5.97 Å². The maximum absolute atomic E-state index is 12.4. The van der Waals surface area contributed by atoms with E-state index in [9.17, 15) is 9.90 Å². The predicted molar refractivity (Wildman–Crippen MR) is 184 cm³/mol. The van der Waals surface area contributed by atoms with E-state index < -0.39 is 11.4 Å². The Bertz CT molecular complexity index is 1770. The van der Waals surface area contributed by atoms with Gasteiger partial charge in [-0.3, -0.25) is 9.78 Å². The van der Waals surface area contributed by atoms with Crippen molar-refractivity contribution in [2.24, 2.45) is 5.41 Å². The van der Waals surface area contributed by atoms with Gasteiger partial charge in [-0.1, -0.05) is 62.4 Å². The Morgan fingerprint density at radius 1 is 1.07 bits per heavy atom. The molecule has 0 saturated heterocycles. The standard InChI is InChI=1S/C36H41N3O4S2/c1-8-42-34-38-29(22-44-34)25-14-12-24(13-15-25)21-39-30-17-16-26(43-23(2)28-11-9-10-18-37-28)19-27(30)32(45-35(3,4)5)31(39)20-36(6,7)33(40)41/h9-19,22-23H,8,20-21H2,1-7H3,(H,40,41)/t23-/m0/s1. The van der Waals surface area contributed by atoms with Gasteiger partial charge in [-0.15, -0.1) is 11.8 Å². The minimum atomic E-state index is -0.959. The second kappa shape index (κ2) is 13.3. The van der Waals surface area contributed by atoms with Crippen molar-refractivity contribution in [1.82, 2.24) is 14.5 Å². The monoisotopic (exact) mass is 643 g/mol. The van der Waals surface area contributed by atoms with Gasteiger partial charge in [-0.25, -0.2) is 4.98 Å². The number of aliphatic carboxylic acids is 1. The number of thiazole rings is 1. The van der Waals surface area contributed by atoms with Crippen LogP contribution in [0.1, 0.15) is 71.5 Å². The molecule has 0 amide bonds. The minimum absolute atomic E-state index is 0.102. The van der Waals surface area contributed by atoms with Crippen LogP contribution in [0.2, 0.25) is 0 Å². The van der Waals surface area contributed by atoms with Crippen molar-refractivity contribution >= 4 is 40.0 Å². The second-order valence-electron chi connectivity index (χ2n) is 12.8. The highest BCUT2D eigenvalue weighted by atomic mass is 32.2. The molecule has 5 rings (SSSR count). The number of benzene rings is 2. The van der Waals surface area contributed by atoms with Crippen LogP contribution in [0.5, 0.6) is 10.9 Å². The lowest BCUT2D eigenvalue weighted by atomic mass is 9.88. The molecule has 0 aliphatic rings. The molecule has 0 aliphatic carbocycles. The Hall–Kier alpha value is -3.82. The molecule has 0 aliphatic heterocycles. The summed E-state index contributed by atoms with van der Waals surface area (Å²) in [6, 6.07) is 20.4. The zero-order chi connectivity index (χ0) is 32.4. The zero-order valence-corrected chi connectivity index (χ0v) is 28.6. The first-order valence-electron chi connectivity index (χ1n) is 15.2. The maximum Gasteiger partial charge on any atom is 0.309 e. The highest BCUT2D eigenvalue weighted by molar-refractivity contribution is 8.00. The Balaban J connectivity index is 1.58. The van der Waals surface area contributed by atoms with Crippen LogP contribution < -0.4 is 9.47 Å². The molecule has 0 saturated carbocycles. The number of carbonyl (C=O) groups is 1. The highest BCUT2D eigenvalue weighted by Gasteiger charge is 2.33. The van der Waals surface area contributed by atoms with Gasteiger partial charge in [0.1, 0.15) is 11.9 Å². The molecule has 0 unspecified atom stereocenters. The third-order valence-electron chi connectivity index (χ3n) is 7.45. The van der Waals surface area contributed by atoms with Crippen molar-refractivity contribution in [1.29, 1.82) is 0 Å². The molecule has 0 bridgehead atoms. The Morgan fingerprint density at radius 3 is 2.47 bits per heavy atom. The molecule has 7 nitrogen and oxygen atoms in total. The number of hydrogen-bond acceptors (Lipinski definition) is 7. The smallest absolute Gasteiger partial charge is 0.309 e. The van der Waals surface area contributed by atoms with Crippen LogP contribution in [0.15, 0.2) is 77.1 Å². The van der Waals surface area contributed by atoms with E-state index in [2.05, 4.69) is 71.7 Å². The van der Waals surface area contributed by atoms with Crippen molar-refractivity contribution in [3.8, 4) is 22.2 Å². The fraction of sp³-hybridized carbons (Fsp3) is 0.361. The second-order valence-corrected chi connectivity index (χ2v) is 15.4. The molecule has 9 heteroatoms. The van der Waals surface area contributed by atoms with Crippen LogP contribution in [-0.2, 0) is 17.8 Å². The molecular formula is C36H41N3O4S2. The summed E-state index contributed by atoms with van der Waals surface area (Å²) >= 11 is 3.27. The van der Waals surface area contributed by atoms with Crippen molar-refractivity contribution < 1.29 is 19.4 Å². The largest absolute Gasteiger partial charge is 0.484 e. The molecule has 3 aromatic heterocycles. The first-order chi connectivity index (χ1) is 21.3. The molecule has 1 N–H and O–H groups in total. The summed E-state index contributed by atoms with van der Waals surface area (Å²) in [5.41, 5.74) is 4.98. The van der Waals surface area contributed by atoms with Crippen LogP contribution in [-0.4, -0.2) is 37.0 Å². The van der Waals surface area contributed by atoms with E-state index in [1.54, 1.807) is 31.8 Å². The maximum atomic E-state index is 12.4. The lowest BCUT2D eigenvalue weighted by molar-refractivity contribution is -0.146. The summed E-state index contributed by atoms with van der Waals surface area (Å²) < 4.78 is 14.1. The van der Waals surface area contributed by atoms with E-state index in [-0.39, 0.29) is 10.9 Å². The summed E-state index contributed by atoms with van der Waals surface area (Å²) in [4.78, 5) is 22.5. The van der Waals surface area contributed by atoms with Crippen molar-refractivity contribution in [2.45, 2.75) is 77.2 Å². The van der Waals surface area contributed by atoms with E-state index in [0.29, 0.717) is 24.8 Å². The molecule has 1 atom stereocenters. The molecule has 0 spiro atoms. The number of nitrogens with zero attached hydrogens (tertiary/aromatic N) is 3. The van der Waals surface area contributed by atoms with Crippen LogP contribution in [0.3, 0.4) is 0 Å². The number of hydrogen-bond donors (Lipinski definition) is 1. The summed E-state index contributed by atoms with van der Waals surface area (Å²) in [5.74, 6) is -0.0742. The quantitative estimate of drug-likeness (QED) is 0.136. The van der Waals surface area contributed by atoms with Crippen molar-refractivity contribution in [2.75, 3.05) is 6.61 Å². The minimum Gasteiger partial charge on any atom is -0.484 e. The summed E-state index contributed by atoms with van der Waals surface area (Å²) in [6.07, 6.45) is 1.93. The van der Waals surface area contributed by atoms with Crippen molar-refractivity contribution in [3.05, 3.63) is 89.2 Å². The number of ether oxygens (including phenoxy) is 2. The van der Waals surface area contributed by atoms with E-state index in [0.717, 1.165) is 49.8 Å². The molecule has 0 radical (unpaired) electrons. The fourth-order valence-corrected chi connectivity index (χ4v) is 7.05. The van der Waals surface area contributed by atoms with Crippen molar-refractivity contribution in [3.63, 3.8) is 0 Å². The fourth-order valence-electron chi connectivity index (χ4n) is 5.12. The summed E-state index contributed by atoms with van der Waals surface area (Å²) in [6.45, 7) is 15.3. The highest BCUT2D eigenvalue weighted by Crippen LogP contribution is 2.44. The average molecular weight is 644 g/mol. The molecule has 236 valence electrons. The number of carboxylic acids is 1. The van der Waals surface area contributed by atoms with Gasteiger partial charge in [0.05, 0.1) is 23.4 Å². The number of aromatic nitrogens is 3. The van der Waals surface area contributed by atoms with E-state index in [4.69, 9.17) is 9.47 Å². The van der Waals surface area contributed by atoms with Gasteiger partial charge in [0, 0.05) is 56.3 Å². The van der Waals surface area contributed by atoms with Gasteiger partial charge < -0.3 is 19.1 Å². The zero-order valence-electron chi connectivity index (χ0n) is 27.0. The molecule has 45 heavy (non-hydrogen) atoms. The van der Waals surface area contributed by atoms with Crippen LogP contribution in [0, 0.1) is 5.41 Å². The third kappa shape index (κ3) is 7.71. The predicted octanol–water partition coefficient (Wildman–Crippen LogP) is 9.29. The number of rotatable bonds is 12. The topological polar surface area (TPSA) is 86.5 Å². The molecule has 5 aromatic rings. The van der Waals surface area contributed by atoms with Gasteiger partial charge in [-0.2, -0.15) is 0 Å². The number of thioether (sulfide) groups is 1. The van der Waals surface area contributed by atoms with Gasteiger partial charge in [0.15, 0.2) is 0 Å². The molecule has 3 heterocycles. The van der Waals surface area contributed by atoms with E-state index >= 15 is 0 Å². The van der Waals surface area contributed by atoms with Gasteiger partial charge in [0.25, 0.3) is 5.19 Å². The first-order valence-corrected chi connectivity index (χ1v) is 16.9. The van der Waals surface area contributed by atoms with Gasteiger partial charge in [0.2, 0.25) is 0 Å². The van der Waals surface area contributed by atoms with Crippen LogP contribution >= 0.6 is 23.1 Å². The lowest BCUT2D eigenvalue weighted by Crippen LogP contribution is -2.28. The average Bonchev–Trinajstić information content (AvgIpc) is 3.56. The summed E-state index contributed by atoms with van der Waals surface area (Å²) in [5, 5.41) is 13.9. The molecule has 2 aromatic carbocycles. The SMILES string of the molecule is CCOc1nc(-c2ccc(Cn3c(CC(C)(C)C(=O)O)c(SC(C)(C)C)c4cc(O[C@@H](C)c5ccccn5)ccc43)cc2)cs1. The lowest BCUT2D eigenvalue weighted by Gasteiger charge is -2.24. The number of pyridine rings is 1. The number of fused-ring (bicyclic) bond motifs is 1.